The van der Waals surface area contributed by atoms with Crippen LogP contribution in [0.1, 0.15) is 43.6 Å². The Morgan fingerprint density at radius 3 is 2.17 bits per heavy atom. The van der Waals surface area contributed by atoms with Crippen molar-refractivity contribution in [3.8, 4) is 5.75 Å². The summed E-state index contributed by atoms with van der Waals surface area (Å²) in [4.78, 5) is 0. The van der Waals surface area contributed by atoms with Crippen molar-refractivity contribution < 1.29 is 5.11 Å². The van der Waals surface area contributed by atoms with E-state index in [4.69, 9.17) is 5.73 Å². The van der Waals surface area contributed by atoms with Crippen LogP contribution in [0.3, 0.4) is 0 Å². The zero-order valence-electron chi connectivity index (χ0n) is 10.7. The summed E-state index contributed by atoms with van der Waals surface area (Å²) in [6, 6.07) is 5.59. The molecule has 1 aromatic carbocycles. The van der Waals surface area contributed by atoms with Gasteiger partial charge in [-0.15, -0.1) is 0 Å². The molecule has 1 aromatic rings. The average molecular weight is 243 g/mol. The van der Waals surface area contributed by atoms with Gasteiger partial charge in [0.25, 0.3) is 0 Å². The standard InChI is InChI=1S/C16H21NO/c17-13-1-2-15(18)14(8-13)16-11-4-9-3-10(6-11)7-12(16)5-9/h1-2,8-12,16,18H,3-7,17H2. The van der Waals surface area contributed by atoms with Crippen molar-refractivity contribution in [2.45, 2.75) is 38.0 Å². The normalized spacial score (nSPS) is 41.2. The van der Waals surface area contributed by atoms with Gasteiger partial charge in [-0.2, -0.15) is 0 Å². The Bertz CT molecular complexity index is 454. The molecule has 0 atom stereocenters. The first-order chi connectivity index (χ1) is 8.70. The number of nitrogen functional groups attached to an aromatic ring is 1. The smallest absolute Gasteiger partial charge is 0.119 e. The maximum atomic E-state index is 10.2. The SMILES string of the molecule is Nc1ccc(O)c(C2C3CC4CC(C3)CC2C4)c1. The van der Waals surface area contributed by atoms with Crippen molar-refractivity contribution >= 4 is 5.69 Å². The Labute approximate surface area is 108 Å². The molecule has 5 rings (SSSR count). The first kappa shape index (κ1) is 10.7. The predicted molar refractivity (Wildman–Crippen MR) is 72.3 cm³/mol. The molecule has 0 spiro atoms. The van der Waals surface area contributed by atoms with Gasteiger partial charge in [0, 0.05) is 5.69 Å². The molecule has 2 heteroatoms. The van der Waals surface area contributed by atoms with E-state index in [1.807, 2.05) is 6.07 Å². The van der Waals surface area contributed by atoms with Crippen molar-refractivity contribution in [1.82, 2.24) is 0 Å². The summed E-state index contributed by atoms with van der Waals surface area (Å²) in [6.07, 6.45) is 7.00. The lowest BCUT2D eigenvalue weighted by molar-refractivity contribution is -0.00345. The second-order valence-corrected chi connectivity index (χ2v) is 6.77. The summed E-state index contributed by atoms with van der Waals surface area (Å²) in [5.41, 5.74) is 7.83. The van der Waals surface area contributed by atoms with Gasteiger partial charge in [0.15, 0.2) is 0 Å². The number of hydrogen-bond acceptors (Lipinski definition) is 2. The van der Waals surface area contributed by atoms with Crippen LogP contribution in [0.15, 0.2) is 18.2 Å². The Balaban J connectivity index is 1.74. The second kappa shape index (κ2) is 3.66. The fourth-order valence-electron chi connectivity index (χ4n) is 5.27. The van der Waals surface area contributed by atoms with E-state index in [2.05, 4.69) is 0 Å². The molecule has 0 amide bonds. The minimum absolute atomic E-state index is 0.460. The minimum Gasteiger partial charge on any atom is -0.508 e. The number of phenolic OH excluding ortho intramolecular Hbond substituents is 1. The molecule has 4 bridgehead atoms. The van der Waals surface area contributed by atoms with Gasteiger partial charge in [-0.05, 0) is 85.5 Å². The van der Waals surface area contributed by atoms with Gasteiger partial charge in [-0.25, -0.2) is 0 Å². The summed E-state index contributed by atoms with van der Waals surface area (Å²) >= 11 is 0. The molecule has 2 nitrogen and oxygen atoms in total. The van der Waals surface area contributed by atoms with Crippen LogP contribution >= 0.6 is 0 Å². The molecule has 3 N–H and O–H groups in total. The van der Waals surface area contributed by atoms with Crippen LogP contribution < -0.4 is 5.73 Å². The lowest BCUT2D eigenvalue weighted by Crippen LogP contribution is -2.43. The van der Waals surface area contributed by atoms with Gasteiger partial charge in [0.1, 0.15) is 5.75 Å². The molecule has 4 saturated carbocycles. The molecular formula is C16H21NO. The van der Waals surface area contributed by atoms with E-state index >= 15 is 0 Å². The first-order valence-corrected chi connectivity index (χ1v) is 7.29. The third-order valence-corrected chi connectivity index (χ3v) is 5.64. The fraction of sp³-hybridized carbons (Fsp3) is 0.625. The number of phenols is 1. The molecule has 0 saturated heterocycles. The Kier molecular flexibility index (Phi) is 2.18. The number of hydrogen-bond donors (Lipinski definition) is 2. The van der Waals surface area contributed by atoms with Gasteiger partial charge in [-0.3, -0.25) is 0 Å². The molecule has 0 radical (unpaired) electrons. The highest BCUT2D eigenvalue weighted by atomic mass is 16.3. The van der Waals surface area contributed by atoms with Crippen LogP contribution in [0.4, 0.5) is 5.69 Å². The molecule has 0 unspecified atom stereocenters. The van der Waals surface area contributed by atoms with Gasteiger partial charge in [0.05, 0.1) is 0 Å². The summed E-state index contributed by atoms with van der Waals surface area (Å²) in [5, 5.41) is 10.2. The van der Waals surface area contributed by atoms with Crippen LogP contribution in [0.2, 0.25) is 0 Å². The maximum absolute atomic E-state index is 10.2. The third kappa shape index (κ3) is 1.47. The van der Waals surface area contributed by atoms with Crippen LogP contribution in [0, 0.1) is 23.7 Å². The van der Waals surface area contributed by atoms with Crippen LogP contribution in [0.25, 0.3) is 0 Å². The molecule has 4 aliphatic carbocycles. The van der Waals surface area contributed by atoms with Crippen molar-refractivity contribution in [1.29, 1.82) is 0 Å². The van der Waals surface area contributed by atoms with Gasteiger partial charge in [-0.1, -0.05) is 0 Å². The highest BCUT2D eigenvalue weighted by molar-refractivity contribution is 5.49. The Hall–Kier alpha value is -1.18. The summed E-state index contributed by atoms with van der Waals surface area (Å²) in [6.45, 7) is 0. The Morgan fingerprint density at radius 1 is 0.944 bits per heavy atom. The third-order valence-electron chi connectivity index (χ3n) is 5.64. The van der Waals surface area contributed by atoms with E-state index in [1.54, 1.807) is 12.1 Å². The van der Waals surface area contributed by atoms with Crippen molar-refractivity contribution in [2.24, 2.45) is 23.7 Å². The maximum Gasteiger partial charge on any atom is 0.119 e. The van der Waals surface area contributed by atoms with Gasteiger partial charge < -0.3 is 10.8 Å². The van der Waals surface area contributed by atoms with Crippen molar-refractivity contribution in [3.63, 3.8) is 0 Å². The largest absolute Gasteiger partial charge is 0.508 e. The lowest BCUT2D eigenvalue weighted by atomic mass is 9.50. The zero-order valence-corrected chi connectivity index (χ0v) is 10.7. The van der Waals surface area contributed by atoms with Crippen molar-refractivity contribution in [2.75, 3.05) is 5.73 Å². The molecule has 4 fully saturated rings. The average Bonchev–Trinajstić information content (AvgIpc) is 2.32. The predicted octanol–water partition coefficient (Wildman–Crippen LogP) is 3.51. The number of nitrogens with two attached hydrogens (primary N) is 1. The molecule has 0 aromatic heterocycles. The van der Waals surface area contributed by atoms with E-state index < -0.39 is 0 Å². The van der Waals surface area contributed by atoms with Gasteiger partial charge in [0.2, 0.25) is 0 Å². The molecule has 0 heterocycles. The highest BCUT2D eigenvalue weighted by Gasteiger charge is 2.49. The van der Waals surface area contributed by atoms with Crippen molar-refractivity contribution in [3.05, 3.63) is 23.8 Å². The number of aromatic hydroxyl groups is 1. The molecule has 18 heavy (non-hydrogen) atoms. The van der Waals surface area contributed by atoms with Crippen LogP contribution in [-0.4, -0.2) is 5.11 Å². The van der Waals surface area contributed by atoms with E-state index in [1.165, 1.54) is 32.1 Å². The van der Waals surface area contributed by atoms with Crippen LogP contribution in [0.5, 0.6) is 5.75 Å². The molecule has 96 valence electrons. The van der Waals surface area contributed by atoms with E-state index in [9.17, 15) is 5.11 Å². The summed E-state index contributed by atoms with van der Waals surface area (Å²) < 4.78 is 0. The molecular weight excluding hydrogens is 222 g/mol. The highest BCUT2D eigenvalue weighted by Crippen LogP contribution is 2.60. The summed E-state index contributed by atoms with van der Waals surface area (Å²) in [5.74, 6) is 4.59. The number of benzene rings is 1. The zero-order chi connectivity index (χ0) is 12.3. The lowest BCUT2D eigenvalue weighted by Gasteiger charge is -2.54. The monoisotopic (exact) mass is 243 g/mol. The second-order valence-electron chi connectivity index (χ2n) is 6.77. The van der Waals surface area contributed by atoms with E-state index in [0.29, 0.717) is 11.7 Å². The quantitative estimate of drug-likeness (QED) is 0.585. The van der Waals surface area contributed by atoms with Gasteiger partial charge >= 0.3 is 0 Å². The topological polar surface area (TPSA) is 46.2 Å². The van der Waals surface area contributed by atoms with Crippen LogP contribution in [-0.2, 0) is 0 Å². The number of anilines is 1. The number of rotatable bonds is 1. The summed E-state index contributed by atoms with van der Waals surface area (Å²) in [7, 11) is 0. The molecule has 0 aliphatic heterocycles. The van der Waals surface area contributed by atoms with E-state index in [-0.39, 0.29) is 0 Å². The fourth-order valence-corrected chi connectivity index (χ4v) is 5.27. The Morgan fingerprint density at radius 2 is 1.56 bits per heavy atom. The molecule has 4 aliphatic rings. The minimum atomic E-state index is 0.460. The first-order valence-electron chi connectivity index (χ1n) is 7.29. The van der Waals surface area contributed by atoms with E-state index in [0.717, 1.165) is 34.9 Å².